The number of amides is 2. The number of anilines is 1. The first-order chi connectivity index (χ1) is 14.3. The Morgan fingerprint density at radius 3 is 2.53 bits per heavy atom. The summed E-state index contributed by atoms with van der Waals surface area (Å²) < 4.78 is 1.53. The summed E-state index contributed by atoms with van der Waals surface area (Å²) in [6.07, 6.45) is 1.65. The van der Waals surface area contributed by atoms with E-state index in [4.69, 9.17) is 0 Å². The third kappa shape index (κ3) is 5.90. The van der Waals surface area contributed by atoms with Gasteiger partial charge in [0.1, 0.15) is 0 Å². The second-order valence-corrected chi connectivity index (χ2v) is 8.40. The summed E-state index contributed by atoms with van der Waals surface area (Å²) in [5, 5.41) is 9.91. The largest absolute Gasteiger partial charge is 0.350 e. The Bertz CT molecular complexity index is 884. The number of rotatable bonds is 7. The number of likely N-dealkylation sites (N-methyl/N-ethyl adjacent to an activating group) is 1. The normalized spacial score (nSPS) is 15.4. The molecule has 2 N–H and O–H groups in total. The summed E-state index contributed by atoms with van der Waals surface area (Å²) in [4.78, 5) is 30.0. The molecule has 0 spiro atoms. The van der Waals surface area contributed by atoms with Gasteiger partial charge in [0.25, 0.3) is 11.8 Å². The highest BCUT2D eigenvalue weighted by atomic mass is 16.2. The monoisotopic (exact) mass is 412 g/mol. The lowest BCUT2D eigenvalue weighted by molar-refractivity contribution is 0.0944. The Hall–Kier alpha value is -2.71. The first-order valence-electron chi connectivity index (χ1n) is 10.4. The first-order valence-corrected chi connectivity index (χ1v) is 10.4. The van der Waals surface area contributed by atoms with Crippen molar-refractivity contribution in [3.63, 3.8) is 0 Å². The van der Waals surface area contributed by atoms with Crippen LogP contribution in [0.1, 0.15) is 40.3 Å². The van der Waals surface area contributed by atoms with E-state index in [1.807, 2.05) is 32.0 Å². The van der Waals surface area contributed by atoms with Crippen LogP contribution >= 0.6 is 0 Å². The van der Waals surface area contributed by atoms with Crippen molar-refractivity contribution in [1.82, 2.24) is 24.9 Å². The van der Waals surface area contributed by atoms with Crippen molar-refractivity contribution in [2.24, 2.45) is 13.0 Å². The van der Waals surface area contributed by atoms with Crippen LogP contribution in [-0.4, -0.2) is 71.2 Å². The molecule has 1 aromatic heterocycles. The van der Waals surface area contributed by atoms with Crippen LogP contribution in [0.3, 0.4) is 0 Å². The predicted molar refractivity (Wildman–Crippen MR) is 118 cm³/mol. The molecule has 0 atom stereocenters. The molecule has 1 aliphatic rings. The molecular weight excluding hydrogens is 380 g/mol. The van der Waals surface area contributed by atoms with Crippen LogP contribution in [0, 0.1) is 5.92 Å². The maximum Gasteiger partial charge on any atom is 0.273 e. The number of carbonyl (C=O) groups excluding carboxylic acids is 2. The van der Waals surface area contributed by atoms with Gasteiger partial charge in [0.2, 0.25) is 0 Å². The Morgan fingerprint density at radius 2 is 1.83 bits per heavy atom. The standard InChI is InChI=1S/C22H32N6O2/c1-16(2)13-23-22(30)20-19(15-27(4)25-20)24-21(29)18-7-5-6-17(12-18)14-28-10-8-26(3)9-11-28/h5-7,12,15-16H,8-11,13-14H2,1-4H3,(H,23,30)(H,24,29). The molecule has 0 saturated carbocycles. The number of piperazine rings is 1. The van der Waals surface area contributed by atoms with E-state index < -0.39 is 0 Å². The molecule has 162 valence electrons. The molecule has 0 bridgehead atoms. The van der Waals surface area contributed by atoms with Crippen molar-refractivity contribution < 1.29 is 9.59 Å². The minimum atomic E-state index is -0.289. The molecule has 1 fully saturated rings. The summed E-state index contributed by atoms with van der Waals surface area (Å²) >= 11 is 0. The number of aromatic nitrogens is 2. The van der Waals surface area contributed by atoms with E-state index in [1.54, 1.807) is 19.3 Å². The fourth-order valence-corrected chi connectivity index (χ4v) is 3.40. The van der Waals surface area contributed by atoms with Crippen LogP contribution in [0.25, 0.3) is 0 Å². The molecule has 0 aliphatic carbocycles. The maximum atomic E-state index is 12.9. The molecule has 8 nitrogen and oxygen atoms in total. The third-order valence-corrected chi connectivity index (χ3v) is 5.15. The Labute approximate surface area is 178 Å². The second kappa shape index (κ2) is 9.86. The summed E-state index contributed by atoms with van der Waals surface area (Å²) in [5.41, 5.74) is 2.31. The van der Waals surface area contributed by atoms with E-state index in [9.17, 15) is 9.59 Å². The lowest BCUT2D eigenvalue weighted by Crippen LogP contribution is -2.43. The number of carbonyl (C=O) groups is 2. The summed E-state index contributed by atoms with van der Waals surface area (Å²) in [6.45, 7) is 9.59. The van der Waals surface area contributed by atoms with Gasteiger partial charge < -0.3 is 15.5 Å². The van der Waals surface area contributed by atoms with Crippen molar-refractivity contribution >= 4 is 17.5 Å². The molecule has 2 heterocycles. The average Bonchev–Trinajstić information content (AvgIpc) is 3.08. The fourth-order valence-electron chi connectivity index (χ4n) is 3.40. The molecule has 3 rings (SSSR count). The van der Waals surface area contributed by atoms with Crippen LogP contribution < -0.4 is 10.6 Å². The van der Waals surface area contributed by atoms with Crippen LogP contribution in [0.15, 0.2) is 30.5 Å². The van der Waals surface area contributed by atoms with E-state index in [-0.39, 0.29) is 17.5 Å². The predicted octanol–water partition coefficient (Wildman–Crippen LogP) is 1.81. The topological polar surface area (TPSA) is 82.5 Å². The highest BCUT2D eigenvalue weighted by Crippen LogP contribution is 2.16. The lowest BCUT2D eigenvalue weighted by atomic mass is 10.1. The molecular formula is C22H32N6O2. The van der Waals surface area contributed by atoms with Gasteiger partial charge in [-0.15, -0.1) is 0 Å². The van der Waals surface area contributed by atoms with Crippen molar-refractivity contribution in [1.29, 1.82) is 0 Å². The SMILES string of the molecule is CC(C)CNC(=O)c1nn(C)cc1NC(=O)c1cccc(CN2CCN(C)CC2)c1. The summed E-state index contributed by atoms with van der Waals surface area (Å²) in [5.74, 6) is -0.205. The van der Waals surface area contributed by atoms with Gasteiger partial charge in [-0.05, 0) is 30.7 Å². The van der Waals surface area contributed by atoms with Crippen LogP contribution in [0.2, 0.25) is 0 Å². The highest BCUT2D eigenvalue weighted by Gasteiger charge is 2.19. The van der Waals surface area contributed by atoms with Crippen LogP contribution in [-0.2, 0) is 13.6 Å². The number of nitrogens with zero attached hydrogens (tertiary/aromatic N) is 4. The van der Waals surface area contributed by atoms with Gasteiger partial charge in [-0.2, -0.15) is 5.10 Å². The number of nitrogens with one attached hydrogen (secondary N) is 2. The van der Waals surface area contributed by atoms with Gasteiger partial charge in [0.05, 0.1) is 5.69 Å². The van der Waals surface area contributed by atoms with Gasteiger partial charge in [-0.3, -0.25) is 19.2 Å². The number of benzene rings is 1. The fraction of sp³-hybridized carbons (Fsp3) is 0.500. The van der Waals surface area contributed by atoms with Gasteiger partial charge in [0, 0.05) is 58.1 Å². The van der Waals surface area contributed by atoms with Gasteiger partial charge in [-0.25, -0.2) is 0 Å². The number of aryl methyl sites for hydroxylation is 1. The number of hydrogen-bond donors (Lipinski definition) is 2. The molecule has 1 aromatic carbocycles. The third-order valence-electron chi connectivity index (χ3n) is 5.15. The zero-order chi connectivity index (χ0) is 21.7. The Balaban J connectivity index is 1.67. The molecule has 30 heavy (non-hydrogen) atoms. The van der Waals surface area contributed by atoms with E-state index in [0.717, 1.165) is 38.3 Å². The van der Waals surface area contributed by atoms with Gasteiger partial charge in [-0.1, -0.05) is 26.0 Å². The molecule has 0 radical (unpaired) electrons. The second-order valence-electron chi connectivity index (χ2n) is 8.40. The van der Waals surface area contributed by atoms with Crippen LogP contribution in [0.5, 0.6) is 0 Å². The summed E-state index contributed by atoms with van der Waals surface area (Å²) in [6, 6.07) is 7.66. The molecule has 1 saturated heterocycles. The smallest absolute Gasteiger partial charge is 0.273 e. The van der Waals surface area contributed by atoms with Crippen molar-refractivity contribution in [2.75, 3.05) is 45.1 Å². The molecule has 2 aromatic rings. The molecule has 8 heteroatoms. The molecule has 1 aliphatic heterocycles. The zero-order valence-electron chi connectivity index (χ0n) is 18.3. The maximum absolute atomic E-state index is 12.9. The molecule has 2 amide bonds. The van der Waals surface area contributed by atoms with E-state index in [0.29, 0.717) is 23.7 Å². The van der Waals surface area contributed by atoms with Crippen molar-refractivity contribution in [3.8, 4) is 0 Å². The number of hydrogen-bond acceptors (Lipinski definition) is 5. The Morgan fingerprint density at radius 1 is 1.10 bits per heavy atom. The zero-order valence-corrected chi connectivity index (χ0v) is 18.3. The Kier molecular flexibility index (Phi) is 7.23. The van der Waals surface area contributed by atoms with Gasteiger partial charge in [0.15, 0.2) is 5.69 Å². The minimum absolute atomic E-state index is 0.222. The van der Waals surface area contributed by atoms with Crippen molar-refractivity contribution in [2.45, 2.75) is 20.4 Å². The first kappa shape index (κ1) is 22.0. The quantitative estimate of drug-likeness (QED) is 0.725. The minimum Gasteiger partial charge on any atom is -0.350 e. The average molecular weight is 413 g/mol. The van der Waals surface area contributed by atoms with E-state index in [2.05, 4.69) is 32.6 Å². The van der Waals surface area contributed by atoms with E-state index in [1.165, 1.54) is 4.68 Å². The summed E-state index contributed by atoms with van der Waals surface area (Å²) in [7, 11) is 3.86. The molecule has 0 unspecified atom stereocenters. The van der Waals surface area contributed by atoms with E-state index >= 15 is 0 Å². The van der Waals surface area contributed by atoms with Crippen LogP contribution in [0.4, 0.5) is 5.69 Å². The highest BCUT2D eigenvalue weighted by molar-refractivity contribution is 6.08. The van der Waals surface area contributed by atoms with Crippen molar-refractivity contribution in [3.05, 3.63) is 47.3 Å². The van der Waals surface area contributed by atoms with Gasteiger partial charge >= 0.3 is 0 Å². The lowest BCUT2D eigenvalue weighted by Gasteiger charge is -2.32.